The Morgan fingerprint density at radius 2 is 1.79 bits per heavy atom. The number of rotatable bonds is 1. The van der Waals surface area contributed by atoms with Gasteiger partial charge < -0.3 is 4.90 Å². The Bertz CT molecular complexity index is 736. The van der Waals surface area contributed by atoms with E-state index in [1.54, 1.807) is 11.0 Å². The van der Waals surface area contributed by atoms with Crippen molar-refractivity contribution in [2.24, 2.45) is 7.05 Å². The maximum atomic E-state index is 4.45. The molecule has 0 amide bonds. The van der Waals surface area contributed by atoms with Gasteiger partial charge in [0, 0.05) is 20.1 Å². The van der Waals surface area contributed by atoms with Crippen LogP contribution in [0, 0.1) is 0 Å². The summed E-state index contributed by atoms with van der Waals surface area (Å²) in [5.74, 6) is 0.967. The molecule has 0 saturated carbocycles. The van der Waals surface area contributed by atoms with Crippen LogP contribution < -0.4 is 4.90 Å². The van der Waals surface area contributed by atoms with Crippen LogP contribution in [-0.4, -0.2) is 19.7 Å². The third-order valence-corrected chi connectivity index (χ3v) is 3.65. The number of nitrogens with zero attached hydrogens (tertiary/aromatic N) is 5. The zero-order valence-corrected chi connectivity index (χ0v) is 10.6. The van der Waals surface area contributed by atoms with Crippen molar-refractivity contribution in [1.82, 2.24) is 19.7 Å². The van der Waals surface area contributed by atoms with Gasteiger partial charge in [-0.05, 0) is 11.1 Å². The van der Waals surface area contributed by atoms with Gasteiger partial charge in [-0.15, -0.1) is 0 Å². The first-order valence-corrected chi connectivity index (χ1v) is 6.27. The topological polar surface area (TPSA) is 46.8 Å². The Hall–Kier alpha value is -2.43. The van der Waals surface area contributed by atoms with Gasteiger partial charge in [0.15, 0.2) is 5.65 Å². The van der Waals surface area contributed by atoms with Crippen LogP contribution in [0.5, 0.6) is 0 Å². The highest BCUT2D eigenvalue weighted by Crippen LogP contribution is 2.30. The second-order valence-electron chi connectivity index (χ2n) is 4.83. The molecule has 0 aliphatic carbocycles. The number of aromatic nitrogens is 4. The lowest BCUT2D eigenvalue weighted by Gasteiger charge is -2.16. The molecule has 1 aromatic carbocycles. The molecule has 5 heteroatoms. The van der Waals surface area contributed by atoms with Crippen molar-refractivity contribution in [3.05, 3.63) is 47.9 Å². The van der Waals surface area contributed by atoms with Gasteiger partial charge in [0.25, 0.3) is 0 Å². The van der Waals surface area contributed by atoms with Gasteiger partial charge in [-0.2, -0.15) is 5.10 Å². The van der Waals surface area contributed by atoms with Gasteiger partial charge in [0.05, 0.1) is 11.6 Å². The van der Waals surface area contributed by atoms with Crippen LogP contribution in [0.2, 0.25) is 0 Å². The van der Waals surface area contributed by atoms with Gasteiger partial charge in [0.2, 0.25) is 0 Å². The second-order valence-corrected chi connectivity index (χ2v) is 4.83. The van der Waals surface area contributed by atoms with Crippen molar-refractivity contribution in [2.45, 2.75) is 13.1 Å². The van der Waals surface area contributed by atoms with Crippen LogP contribution in [0.1, 0.15) is 11.1 Å². The average molecular weight is 251 g/mol. The fourth-order valence-corrected chi connectivity index (χ4v) is 2.68. The largest absolute Gasteiger partial charge is 0.347 e. The van der Waals surface area contributed by atoms with E-state index in [0.717, 1.165) is 29.9 Å². The monoisotopic (exact) mass is 251 g/mol. The molecule has 3 aromatic rings. The minimum absolute atomic E-state index is 0.876. The number of benzene rings is 1. The van der Waals surface area contributed by atoms with Gasteiger partial charge >= 0.3 is 0 Å². The molecule has 1 aliphatic rings. The summed E-state index contributed by atoms with van der Waals surface area (Å²) >= 11 is 0. The quantitative estimate of drug-likeness (QED) is 0.662. The van der Waals surface area contributed by atoms with Crippen LogP contribution in [0.3, 0.4) is 0 Å². The molecule has 0 N–H and O–H groups in total. The normalized spacial score (nSPS) is 14.1. The molecule has 0 radical (unpaired) electrons. The number of anilines is 1. The number of hydrogen-bond donors (Lipinski definition) is 0. The fraction of sp³-hybridized carbons (Fsp3) is 0.214. The van der Waals surface area contributed by atoms with Crippen molar-refractivity contribution in [3.8, 4) is 0 Å². The Kier molecular flexibility index (Phi) is 2.09. The van der Waals surface area contributed by atoms with Gasteiger partial charge in [-0.1, -0.05) is 24.3 Å². The van der Waals surface area contributed by atoms with Crippen molar-refractivity contribution in [1.29, 1.82) is 0 Å². The molecule has 19 heavy (non-hydrogen) atoms. The number of fused-ring (bicyclic) bond motifs is 2. The van der Waals surface area contributed by atoms with E-state index in [9.17, 15) is 0 Å². The molecule has 0 saturated heterocycles. The molecule has 1 aliphatic heterocycles. The lowest BCUT2D eigenvalue weighted by Crippen LogP contribution is -2.16. The van der Waals surface area contributed by atoms with E-state index >= 15 is 0 Å². The summed E-state index contributed by atoms with van der Waals surface area (Å²) in [6.45, 7) is 1.80. The first-order valence-electron chi connectivity index (χ1n) is 6.27. The van der Waals surface area contributed by atoms with E-state index in [1.165, 1.54) is 11.1 Å². The Morgan fingerprint density at radius 3 is 2.53 bits per heavy atom. The second kappa shape index (κ2) is 3.78. The Balaban J connectivity index is 1.81. The molecule has 0 fully saturated rings. The standard InChI is InChI=1S/C14H13N5/c1-18-13-12(6-17-18)14(16-9-15-13)19-7-10-4-2-3-5-11(10)8-19/h2-6,9H,7-8H2,1H3. The van der Waals surface area contributed by atoms with Crippen LogP contribution in [0.15, 0.2) is 36.8 Å². The highest BCUT2D eigenvalue weighted by Gasteiger charge is 2.22. The summed E-state index contributed by atoms with van der Waals surface area (Å²) in [5, 5.41) is 5.28. The van der Waals surface area contributed by atoms with Crippen molar-refractivity contribution in [3.63, 3.8) is 0 Å². The number of aryl methyl sites for hydroxylation is 1. The summed E-state index contributed by atoms with van der Waals surface area (Å²) in [6, 6.07) is 8.53. The summed E-state index contributed by atoms with van der Waals surface area (Å²) in [7, 11) is 1.90. The zero-order valence-electron chi connectivity index (χ0n) is 10.6. The lowest BCUT2D eigenvalue weighted by molar-refractivity contribution is 0.784. The first-order chi connectivity index (χ1) is 9.33. The average Bonchev–Trinajstić information content (AvgIpc) is 3.03. The molecule has 0 spiro atoms. The van der Waals surface area contributed by atoms with E-state index in [4.69, 9.17) is 0 Å². The zero-order chi connectivity index (χ0) is 12.8. The highest BCUT2D eigenvalue weighted by atomic mass is 15.3. The summed E-state index contributed by atoms with van der Waals surface area (Å²) in [5.41, 5.74) is 3.62. The molecule has 2 aromatic heterocycles. The van der Waals surface area contributed by atoms with Crippen LogP contribution in [0.25, 0.3) is 11.0 Å². The predicted octanol–water partition coefficient (Wildman–Crippen LogP) is 1.88. The maximum Gasteiger partial charge on any atom is 0.163 e. The maximum absolute atomic E-state index is 4.45. The molecular weight excluding hydrogens is 238 g/mol. The molecule has 4 rings (SSSR count). The molecule has 0 atom stereocenters. The summed E-state index contributed by atoms with van der Waals surface area (Å²) in [6.07, 6.45) is 3.45. The smallest absolute Gasteiger partial charge is 0.163 e. The van der Waals surface area contributed by atoms with E-state index in [-0.39, 0.29) is 0 Å². The predicted molar refractivity (Wildman–Crippen MR) is 72.6 cm³/mol. The van der Waals surface area contributed by atoms with Crippen molar-refractivity contribution < 1.29 is 0 Å². The van der Waals surface area contributed by atoms with E-state index in [2.05, 4.69) is 44.2 Å². The third-order valence-electron chi connectivity index (χ3n) is 3.65. The molecule has 94 valence electrons. The third kappa shape index (κ3) is 1.51. The van der Waals surface area contributed by atoms with Crippen molar-refractivity contribution in [2.75, 3.05) is 4.90 Å². The van der Waals surface area contributed by atoms with Gasteiger partial charge in [0.1, 0.15) is 12.1 Å². The highest BCUT2D eigenvalue weighted by molar-refractivity contribution is 5.86. The van der Waals surface area contributed by atoms with E-state index in [1.807, 2.05) is 13.2 Å². The van der Waals surface area contributed by atoms with Crippen LogP contribution >= 0.6 is 0 Å². The van der Waals surface area contributed by atoms with Crippen molar-refractivity contribution >= 4 is 16.9 Å². The molecule has 5 nitrogen and oxygen atoms in total. The Morgan fingerprint density at radius 1 is 1.05 bits per heavy atom. The molecule has 0 unspecified atom stereocenters. The lowest BCUT2D eigenvalue weighted by atomic mass is 10.1. The van der Waals surface area contributed by atoms with Gasteiger partial charge in [-0.25, -0.2) is 9.97 Å². The molecular formula is C14H13N5. The van der Waals surface area contributed by atoms with E-state index in [0.29, 0.717) is 0 Å². The van der Waals surface area contributed by atoms with Crippen LogP contribution in [0.4, 0.5) is 5.82 Å². The minimum Gasteiger partial charge on any atom is -0.347 e. The Labute approximate surface area is 110 Å². The number of hydrogen-bond acceptors (Lipinski definition) is 4. The van der Waals surface area contributed by atoms with Crippen LogP contribution in [-0.2, 0) is 20.1 Å². The van der Waals surface area contributed by atoms with Gasteiger partial charge in [-0.3, -0.25) is 4.68 Å². The minimum atomic E-state index is 0.876. The molecule has 0 bridgehead atoms. The summed E-state index contributed by atoms with van der Waals surface area (Å²) < 4.78 is 1.78. The first kappa shape index (κ1) is 10.5. The SMILES string of the molecule is Cn1ncc2c(N3Cc4ccccc4C3)ncnc21. The molecule has 3 heterocycles. The fourth-order valence-electron chi connectivity index (χ4n) is 2.68. The van der Waals surface area contributed by atoms with E-state index < -0.39 is 0 Å². The summed E-state index contributed by atoms with van der Waals surface area (Å²) in [4.78, 5) is 11.0.